The van der Waals surface area contributed by atoms with Crippen molar-refractivity contribution in [1.82, 2.24) is 4.98 Å². The second-order valence-corrected chi connectivity index (χ2v) is 8.00. The van der Waals surface area contributed by atoms with Crippen LogP contribution in [0.2, 0.25) is 0 Å². The number of hydrogen-bond acceptors (Lipinski definition) is 4. The molecule has 0 amide bonds. The van der Waals surface area contributed by atoms with Crippen LogP contribution in [0.15, 0.2) is 54.6 Å². The van der Waals surface area contributed by atoms with Crippen LogP contribution in [0.3, 0.4) is 0 Å². The summed E-state index contributed by atoms with van der Waals surface area (Å²) in [7, 11) is 0. The van der Waals surface area contributed by atoms with E-state index in [0.717, 1.165) is 46.1 Å². The Morgan fingerprint density at radius 1 is 1.12 bits per heavy atom. The molecule has 0 saturated heterocycles. The van der Waals surface area contributed by atoms with E-state index < -0.39 is 24.6 Å². The number of para-hydroxylation sites is 1. The van der Waals surface area contributed by atoms with Crippen LogP contribution < -0.4 is 0 Å². The number of carbonyl (C=O) groups is 1. The molecule has 0 spiro atoms. The van der Waals surface area contributed by atoms with Gasteiger partial charge < -0.3 is 15.3 Å². The summed E-state index contributed by atoms with van der Waals surface area (Å²) < 4.78 is 13.6. The van der Waals surface area contributed by atoms with Gasteiger partial charge in [0.15, 0.2) is 0 Å². The molecule has 1 fully saturated rings. The maximum Gasteiger partial charge on any atom is 0.305 e. The van der Waals surface area contributed by atoms with Crippen molar-refractivity contribution in [2.45, 2.75) is 43.8 Å². The first-order valence-electron chi connectivity index (χ1n) is 10.4. The summed E-state index contributed by atoms with van der Waals surface area (Å²) in [6.45, 7) is 0. The summed E-state index contributed by atoms with van der Waals surface area (Å²) in [5, 5.41) is 29.9. The molecule has 0 bridgehead atoms. The van der Waals surface area contributed by atoms with Crippen molar-refractivity contribution >= 4 is 52.5 Å². The third-order valence-electron chi connectivity index (χ3n) is 5.47. The summed E-state index contributed by atoms with van der Waals surface area (Å²) in [5.74, 6) is -1.10. The minimum atomic E-state index is -1.13. The van der Waals surface area contributed by atoms with Crippen molar-refractivity contribution in [2.75, 3.05) is 0 Å². The van der Waals surface area contributed by atoms with Gasteiger partial charge in [0, 0.05) is 58.4 Å². The van der Waals surface area contributed by atoms with Gasteiger partial charge in [0.1, 0.15) is 5.82 Å². The van der Waals surface area contributed by atoms with Crippen LogP contribution in [0.5, 0.6) is 0 Å². The van der Waals surface area contributed by atoms with E-state index in [4.69, 9.17) is 10.1 Å². The number of pyridine rings is 1. The minimum Gasteiger partial charge on any atom is -0.481 e. The Morgan fingerprint density at radius 3 is 2.47 bits per heavy atom. The zero-order valence-corrected chi connectivity index (χ0v) is 19.9. The van der Waals surface area contributed by atoms with Crippen molar-refractivity contribution in [3.05, 3.63) is 71.7 Å². The molecule has 0 aliphatic heterocycles. The summed E-state index contributed by atoms with van der Waals surface area (Å²) >= 11 is 0. The molecule has 161 valence electrons. The number of aliphatic carboxylic acids is 1. The van der Waals surface area contributed by atoms with E-state index in [-0.39, 0.29) is 41.8 Å². The molecule has 1 aliphatic rings. The normalized spacial score (nSPS) is 15.5. The van der Waals surface area contributed by atoms with Crippen molar-refractivity contribution in [3.8, 4) is 11.1 Å². The van der Waals surface area contributed by atoms with Gasteiger partial charge in [-0.25, -0.2) is 4.39 Å². The molecule has 3 N–H and O–H groups in total. The van der Waals surface area contributed by atoms with Crippen LogP contribution in [0.4, 0.5) is 4.39 Å². The van der Waals surface area contributed by atoms with Crippen LogP contribution in [0, 0.1) is 5.82 Å². The first-order valence-corrected chi connectivity index (χ1v) is 10.4. The van der Waals surface area contributed by atoms with E-state index in [1.807, 2.05) is 24.3 Å². The number of carboxylic acids is 1. The van der Waals surface area contributed by atoms with Crippen molar-refractivity contribution in [2.24, 2.45) is 0 Å². The van der Waals surface area contributed by atoms with Crippen LogP contribution in [-0.2, 0) is 4.79 Å². The molecule has 2 atom stereocenters. The Kier molecular flexibility index (Phi) is 8.20. The van der Waals surface area contributed by atoms with E-state index >= 15 is 0 Å². The van der Waals surface area contributed by atoms with Crippen LogP contribution in [0.25, 0.3) is 28.1 Å². The second kappa shape index (κ2) is 10.7. The van der Waals surface area contributed by atoms with Crippen LogP contribution in [0.1, 0.15) is 42.9 Å². The Hall–Kier alpha value is -2.09. The molecule has 7 heteroatoms. The summed E-state index contributed by atoms with van der Waals surface area (Å²) in [4.78, 5) is 15.6. The molecule has 0 unspecified atom stereocenters. The maximum absolute atomic E-state index is 13.6. The van der Waals surface area contributed by atoms with E-state index in [1.165, 1.54) is 12.1 Å². The van der Waals surface area contributed by atoms with Gasteiger partial charge in [-0.1, -0.05) is 42.5 Å². The standard InChI is InChI=1S/C25H24FNO4.Na/c26-17-9-7-15(8-10-17)24-20-3-1-2-4-22(20)27-25(16-5-6-16)21(24)12-11-18(28)13-19(29)14-23(30)31;/h1-4,7-12,16,18-19,28-29H,5-6,13-14H2,(H,30,31);/b12-11+;/t18-,19-;/m1./s1. The number of aliphatic hydroxyl groups excluding tert-OH is 2. The molecule has 5 nitrogen and oxygen atoms in total. The third kappa shape index (κ3) is 5.82. The minimum absolute atomic E-state index is 0. The van der Waals surface area contributed by atoms with Gasteiger partial charge in [0.05, 0.1) is 29.8 Å². The number of nitrogens with zero attached hydrogens (tertiary/aromatic N) is 1. The molecule has 1 radical (unpaired) electrons. The average molecular weight is 444 g/mol. The summed E-state index contributed by atoms with van der Waals surface area (Å²) in [6.07, 6.45) is 2.80. The molecule has 1 heterocycles. The van der Waals surface area contributed by atoms with Crippen molar-refractivity contribution in [3.63, 3.8) is 0 Å². The van der Waals surface area contributed by atoms with Gasteiger partial charge in [-0.15, -0.1) is 0 Å². The van der Waals surface area contributed by atoms with Gasteiger partial charge in [0.2, 0.25) is 0 Å². The SMILES string of the molecule is O=C(O)C[C@H](O)C[C@H](O)/C=C/c1c(C2CC2)nc2ccccc2c1-c1ccc(F)cc1.[Na]. The molecular formula is C25H24FNNaO4. The Bertz CT molecular complexity index is 1130. The number of fused-ring (bicyclic) bond motifs is 1. The number of hydrogen-bond donors (Lipinski definition) is 3. The van der Waals surface area contributed by atoms with E-state index in [2.05, 4.69) is 0 Å². The molecule has 32 heavy (non-hydrogen) atoms. The fraction of sp³-hybridized carbons (Fsp3) is 0.280. The number of benzene rings is 2. The molecule has 3 aromatic rings. The smallest absolute Gasteiger partial charge is 0.305 e. The molecular weight excluding hydrogens is 420 g/mol. The number of carboxylic acid groups (broad SMARTS) is 1. The monoisotopic (exact) mass is 444 g/mol. The fourth-order valence-corrected chi connectivity index (χ4v) is 3.86. The Labute approximate surface area is 207 Å². The van der Waals surface area contributed by atoms with Gasteiger partial charge in [0.25, 0.3) is 0 Å². The topological polar surface area (TPSA) is 90.7 Å². The predicted octanol–water partition coefficient (Wildman–Crippen LogP) is 4.14. The molecule has 1 aliphatic carbocycles. The number of halogens is 1. The van der Waals surface area contributed by atoms with Crippen molar-refractivity contribution < 1.29 is 24.5 Å². The van der Waals surface area contributed by atoms with Gasteiger partial charge in [-0.05, 0) is 36.6 Å². The van der Waals surface area contributed by atoms with E-state index in [9.17, 15) is 19.4 Å². The molecule has 1 saturated carbocycles. The largest absolute Gasteiger partial charge is 0.481 e. The number of rotatable bonds is 8. The maximum atomic E-state index is 13.6. The Morgan fingerprint density at radius 2 is 1.81 bits per heavy atom. The number of aromatic nitrogens is 1. The Balaban J connectivity index is 0.00000289. The number of aliphatic hydroxyl groups is 2. The first-order chi connectivity index (χ1) is 14.9. The van der Waals surface area contributed by atoms with Gasteiger partial charge in [-0.2, -0.15) is 0 Å². The summed E-state index contributed by atoms with van der Waals surface area (Å²) in [5.41, 5.74) is 4.43. The fourth-order valence-electron chi connectivity index (χ4n) is 3.86. The predicted molar refractivity (Wildman–Crippen MR) is 123 cm³/mol. The molecule has 4 rings (SSSR count). The third-order valence-corrected chi connectivity index (χ3v) is 5.47. The zero-order valence-electron chi connectivity index (χ0n) is 17.9. The van der Waals surface area contributed by atoms with Crippen LogP contribution in [-0.4, -0.2) is 68.0 Å². The van der Waals surface area contributed by atoms with Gasteiger partial charge in [-0.3, -0.25) is 9.78 Å². The molecule has 2 aromatic carbocycles. The van der Waals surface area contributed by atoms with E-state index in [0.29, 0.717) is 5.92 Å². The van der Waals surface area contributed by atoms with E-state index in [1.54, 1.807) is 24.3 Å². The second-order valence-electron chi connectivity index (χ2n) is 8.00. The molecule has 1 aromatic heterocycles. The zero-order chi connectivity index (χ0) is 22.0. The summed E-state index contributed by atoms with van der Waals surface area (Å²) in [6, 6.07) is 14.1. The van der Waals surface area contributed by atoms with Crippen LogP contribution >= 0.6 is 0 Å². The van der Waals surface area contributed by atoms with Crippen molar-refractivity contribution in [1.29, 1.82) is 0 Å². The quantitative estimate of drug-likeness (QED) is 0.455. The average Bonchev–Trinajstić information content (AvgIpc) is 3.56. The first kappa shape index (κ1) is 24.6. The van der Waals surface area contributed by atoms with Gasteiger partial charge >= 0.3 is 5.97 Å².